The lowest BCUT2D eigenvalue weighted by molar-refractivity contribution is -0.116. The maximum absolute atomic E-state index is 13.7. The van der Waals surface area contributed by atoms with Crippen LogP contribution in [-0.4, -0.2) is 27.0 Å². The fourth-order valence-electron chi connectivity index (χ4n) is 2.70. The lowest BCUT2D eigenvalue weighted by atomic mass is 10.2. The number of amides is 2. The largest absolute Gasteiger partial charge is 0.421 e. The normalized spacial score (nSPS) is 10.6. The molecule has 0 bridgehead atoms. The van der Waals surface area contributed by atoms with Crippen molar-refractivity contribution in [1.29, 1.82) is 0 Å². The Hall–Kier alpha value is -3.92. The van der Waals surface area contributed by atoms with Gasteiger partial charge in [0.2, 0.25) is 17.7 Å². The Morgan fingerprint density at radius 2 is 1.97 bits per heavy atom. The number of benzene rings is 1. The van der Waals surface area contributed by atoms with Crippen LogP contribution < -0.4 is 10.6 Å². The molecule has 3 aromatic heterocycles. The van der Waals surface area contributed by atoms with Crippen molar-refractivity contribution in [2.24, 2.45) is 0 Å². The van der Waals surface area contributed by atoms with Crippen LogP contribution in [0, 0.1) is 5.82 Å². The van der Waals surface area contributed by atoms with Crippen molar-refractivity contribution in [2.45, 2.75) is 12.8 Å². The third-order valence-electron chi connectivity index (χ3n) is 4.20. The summed E-state index contributed by atoms with van der Waals surface area (Å²) >= 11 is 1.51. The number of aryl methyl sites for hydroxylation is 1. The monoisotopic (exact) mass is 437 g/mol. The highest BCUT2D eigenvalue weighted by Gasteiger charge is 2.15. The zero-order chi connectivity index (χ0) is 21.6. The Bertz CT molecular complexity index is 1190. The van der Waals surface area contributed by atoms with Crippen LogP contribution in [0.3, 0.4) is 0 Å². The molecule has 0 unspecified atom stereocenters. The standard InChI is InChI=1S/C21H16FN5O3S/c22-14-4-5-15(25-20(29)16-3-1-2-9-23-16)17(11-14)24-18(28)6-7-19-26-27-21(30-19)13-8-10-31-12-13/h1-5,8-12H,6-7H2,(H,24,28)(H,25,29). The third kappa shape index (κ3) is 5.17. The van der Waals surface area contributed by atoms with Gasteiger partial charge in [-0.05, 0) is 41.8 Å². The maximum atomic E-state index is 13.7. The number of hydrogen-bond acceptors (Lipinski definition) is 7. The Labute approximate surface area is 180 Å². The van der Waals surface area contributed by atoms with Crippen LogP contribution in [0.25, 0.3) is 11.5 Å². The van der Waals surface area contributed by atoms with E-state index in [9.17, 15) is 14.0 Å². The molecule has 0 saturated carbocycles. The van der Waals surface area contributed by atoms with Crippen LogP contribution in [-0.2, 0) is 11.2 Å². The first-order valence-corrected chi connectivity index (χ1v) is 10.2. The number of anilines is 2. The Morgan fingerprint density at radius 1 is 1.06 bits per heavy atom. The number of nitrogens with one attached hydrogen (secondary N) is 2. The smallest absolute Gasteiger partial charge is 0.274 e. The molecule has 1 aromatic carbocycles. The second kappa shape index (κ2) is 9.26. The Morgan fingerprint density at radius 3 is 2.74 bits per heavy atom. The first-order chi connectivity index (χ1) is 15.1. The van der Waals surface area contributed by atoms with Gasteiger partial charge in [0, 0.05) is 30.0 Å². The maximum Gasteiger partial charge on any atom is 0.274 e. The number of hydrogen-bond donors (Lipinski definition) is 2. The molecule has 0 radical (unpaired) electrons. The summed E-state index contributed by atoms with van der Waals surface area (Å²) in [5.74, 6) is -0.715. The highest BCUT2D eigenvalue weighted by molar-refractivity contribution is 7.08. The lowest BCUT2D eigenvalue weighted by Gasteiger charge is -2.12. The van der Waals surface area contributed by atoms with Gasteiger partial charge in [-0.2, -0.15) is 11.3 Å². The molecule has 0 aliphatic carbocycles. The Balaban J connectivity index is 1.39. The number of aromatic nitrogens is 3. The van der Waals surface area contributed by atoms with Gasteiger partial charge >= 0.3 is 0 Å². The van der Waals surface area contributed by atoms with Crippen LogP contribution in [0.5, 0.6) is 0 Å². The summed E-state index contributed by atoms with van der Waals surface area (Å²) in [5, 5.41) is 16.9. The van der Waals surface area contributed by atoms with Crippen molar-refractivity contribution in [3.8, 4) is 11.5 Å². The van der Waals surface area contributed by atoms with E-state index in [0.717, 1.165) is 11.6 Å². The number of rotatable bonds is 7. The fourth-order valence-corrected chi connectivity index (χ4v) is 3.33. The summed E-state index contributed by atoms with van der Waals surface area (Å²) in [7, 11) is 0. The van der Waals surface area contributed by atoms with Crippen LogP contribution in [0.15, 0.2) is 63.8 Å². The summed E-state index contributed by atoms with van der Waals surface area (Å²) in [6, 6.07) is 10.5. The number of thiophene rings is 1. The average molecular weight is 437 g/mol. The van der Waals surface area contributed by atoms with Gasteiger partial charge in [-0.25, -0.2) is 4.39 Å². The minimum atomic E-state index is -0.552. The van der Waals surface area contributed by atoms with E-state index >= 15 is 0 Å². The quantitative estimate of drug-likeness (QED) is 0.449. The highest BCUT2D eigenvalue weighted by atomic mass is 32.1. The molecule has 0 spiro atoms. The van der Waals surface area contributed by atoms with Crippen molar-refractivity contribution in [3.63, 3.8) is 0 Å². The van der Waals surface area contributed by atoms with E-state index in [1.807, 2.05) is 16.8 Å². The molecule has 31 heavy (non-hydrogen) atoms. The molecule has 2 amide bonds. The van der Waals surface area contributed by atoms with Crippen molar-refractivity contribution in [2.75, 3.05) is 10.6 Å². The highest BCUT2D eigenvalue weighted by Crippen LogP contribution is 2.24. The average Bonchev–Trinajstić information content (AvgIpc) is 3.47. The molecule has 3 heterocycles. The summed E-state index contributed by atoms with van der Waals surface area (Å²) in [4.78, 5) is 28.7. The molecule has 4 aromatic rings. The van der Waals surface area contributed by atoms with Crippen molar-refractivity contribution in [3.05, 3.63) is 76.8 Å². The van der Waals surface area contributed by atoms with Crippen LogP contribution in [0.4, 0.5) is 15.8 Å². The summed E-state index contributed by atoms with van der Waals surface area (Å²) in [6.07, 6.45) is 1.74. The van der Waals surface area contributed by atoms with E-state index in [-0.39, 0.29) is 29.9 Å². The lowest BCUT2D eigenvalue weighted by Crippen LogP contribution is -2.18. The number of carbonyl (C=O) groups is 2. The number of carbonyl (C=O) groups excluding carboxylic acids is 2. The van der Waals surface area contributed by atoms with E-state index in [2.05, 4.69) is 25.8 Å². The summed E-state index contributed by atoms with van der Waals surface area (Å²) in [5.41, 5.74) is 1.41. The van der Waals surface area contributed by atoms with Crippen LogP contribution >= 0.6 is 11.3 Å². The van der Waals surface area contributed by atoms with E-state index in [1.165, 1.54) is 29.7 Å². The summed E-state index contributed by atoms with van der Waals surface area (Å²) < 4.78 is 19.3. The zero-order valence-corrected chi connectivity index (χ0v) is 16.9. The van der Waals surface area contributed by atoms with Gasteiger partial charge < -0.3 is 15.1 Å². The molecule has 0 aliphatic heterocycles. The first kappa shape index (κ1) is 20.4. The molecular weight excluding hydrogens is 421 g/mol. The molecule has 10 heteroatoms. The van der Waals surface area contributed by atoms with Gasteiger partial charge in [0.25, 0.3) is 5.91 Å². The predicted octanol–water partition coefficient (Wildman–Crippen LogP) is 4.16. The fraction of sp³-hybridized carbons (Fsp3) is 0.0952. The second-order valence-electron chi connectivity index (χ2n) is 6.42. The molecule has 2 N–H and O–H groups in total. The van der Waals surface area contributed by atoms with Crippen molar-refractivity contribution in [1.82, 2.24) is 15.2 Å². The molecule has 156 valence electrons. The van der Waals surface area contributed by atoms with Crippen LogP contribution in [0.1, 0.15) is 22.8 Å². The number of nitrogens with zero attached hydrogens (tertiary/aromatic N) is 3. The minimum absolute atomic E-state index is 0.0371. The molecule has 4 rings (SSSR count). The minimum Gasteiger partial charge on any atom is -0.421 e. The molecule has 8 nitrogen and oxygen atoms in total. The van der Waals surface area contributed by atoms with E-state index in [0.29, 0.717) is 11.8 Å². The Kier molecular flexibility index (Phi) is 6.08. The number of halogens is 1. The molecule has 0 aliphatic rings. The van der Waals surface area contributed by atoms with Crippen molar-refractivity contribution >= 4 is 34.5 Å². The van der Waals surface area contributed by atoms with E-state index < -0.39 is 17.6 Å². The van der Waals surface area contributed by atoms with Crippen LogP contribution in [0.2, 0.25) is 0 Å². The van der Waals surface area contributed by atoms with Gasteiger partial charge in [0.1, 0.15) is 11.5 Å². The topological polar surface area (TPSA) is 110 Å². The summed E-state index contributed by atoms with van der Waals surface area (Å²) in [6.45, 7) is 0. The third-order valence-corrected chi connectivity index (χ3v) is 4.89. The van der Waals surface area contributed by atoms with Gasteiger partial charge in [-0.3, -0.25) is 14.6 Å². The number of pyridine rings is 1. The van der Waals surface area contributed by atoms with Gasteiger partial charge in [-0.15, -0.1) is 10.2 Å². The van der Waals surface area contributed by atoms with Gasteiger partial charge in [-0.1, -0.05) is 6.07 Å². The van der Waals surface area contributed by atoms with Crippen molar-refractivity contribution < 1.29 is 18.4 Å². The molecule has 0 fully saturated rings. The van der Waals surface area contributed by atoms with E-state index in [1.54, 1.807) is 18.2 Å². The SMILES string of the molecule is O=C(CCc1nnc(-c2ccsc2)o1)Nc1cc(F)ccc1NC(=O)c1ccccn1. The zero-order valence-electron chi connectivity index (χ0n) is 16.0. The second-order valence-corrected chi connectivity index (χ2v) is 7.20. The molecule has 0 atom stereocenters. The first-order valence-electron chi connectivity index (χ1n) is 9.25. The van der Waals surface area contributed by atoms with E-state index in [4.69, 9.17) is 4.42 Å². The van der Waals surface area contributed by atoms with Gasteiger partial charge in [0.05, 0.1) is 11.4 Å². The predicted molar refractivity (Wildman–Crippen MR) is 113 cm³/mol. The van der Waals surface area contributed by atoms with Gasteiger partial charge in [0.15, 0.2) is 0 Å². The molecular formula is C21H16FN5O3S. The molecule has 0 saturated heterocycles.